The van der Waals surface area contributed by atoms with Crippen LogP contribution in [0.4, 0.5) is 0 Å². The summed E-state index contributed by atoms with van der Waals surface area (Å²) < 4.78 is 8.03. The van der Waals surface area contributed by atoms with Crippen LogP contribution in [0, 0.1) is 0 Å². The van der Waals surface area contributed by atoms with Crippen LogP contribution >= 0.6 is 0 Å². The Morgan fingerprint density at radius 1 is 1.00 bits per heavy atom. The Morgan fingerprint density at radius 2 is 1.79 bits per heavy atom. The fraction of sp³-hybridized carbons (Fsp3) is 0.889. The number of hydrogen-bond acceptors (Lipinski definition) is 5. The van der Waals surface area contributed by atoms with Crippen molar-refractivity contribution >= 4 is 0 Å². The smallest absolute Gasteiger partial charge is 0.147 e. The number of aromatic nitrogens is 3. The highest BCUT2D eigenvalue weighted by Gasteiger charge is 2.39. The molecule has 3 heterocycles. The molecular weight excluding hydrogens is 302 g/mol. The normalized spacial score (nSPS) is 32.5. The van der Waals surface area contributed by atoms with E-state index in [4.69, 9.17) is 4.74 Å². The molecule has 5 rings (SSSR count). The van der Waals surface area contributed by atoms with Gasteiger partial charge < -0.3 is 9.30 Å². The molecule has 0 N–H and O–H groups in total. The van der Waals surface area contributed by atoms with Gasteiger partial charge in [-0.3, -0.25) is 9.80 Å². The zero-order valence-electron chi connectivity index (χ0n) is 14.7. The van der Waals surface area contributed by atoms with Crippen molar-refractivity contribution in [2.24, 2.45) is 0 Å². The molecule has 0 radical (unpaired) electrons. The Kier molecular flexibility index (Phi) is 3.87. The fourth-order valence-corrected chi connectivity index (χ4v) is 4.58. The zero-order chi connectivity index (χ0) is 16.1. The van der Waals surface area contributed by atoms with Crippen LogP contribution in [0.15, 0.2) is 0 Å². The number of hydrogen-bond donors (Lipinski definition) is 0. The molecule has 0 aromatic carbocycles. The average Bonchev–Trinajstić information content (AvgIpc) is 3.54. The van der Waals surface area contributed by atoms with E-state index in [9.17, 15) is 0 Å². The van der Waals surface area contributed by atoms with E-state index in [1.165, 1.54) is 50.3 Å². The molecule has 132 valence electrons. The predicted octanol–water partition coefficient (Wildman–Crippen LogP) is 1.79. The van der Waals surface area contributed by atoms with Crippen molar-refractivity contribution in [1.29, 1.82) is 0 Å². The van der Waals surface area contributed by atoms with E-state index in [0.717, 1.165) is 32.8 Å². The van der Waals surface area contributed by atoms with E-state index in [2.05, 4.69) is 31.5 Å². The largest absolute Gasteiger partial charge is 0.379 e. The Bertz CT molecular complexity index is 588. The summed E-state index contributed by atoms with van der Waals surface area (Å²) in [5.74, 6) is 3.20. The number of nitrogens with zero attached hydrogens (tertiary/aromatic N) is 5. The molecule has 0 spiro atoms. The van der Waals surface area contributed by atoms with Crippen LogP contribution < -0.4 is 0 Å². The molecule has 0 amide bonds. The first-order valence-corrected chi connectivity index (χ1v) is 9.81. The summed E-state index contributed by atoms with van der Waals surface area (Å²) >= 11 is 0. The number of rotatable bonds is 5. The van der Waals surface area contributed by atoms with Crippen LogP contribution in [-0.4, -0.2) is 69.5 Å². The summed E-state index contributed by atoms with van der Waals surface area (Å²) in [5.41, 5.74) is 0. The van der Waals surface area contributed by atoms with Crippen molar-refractivity contribution in [2.75, 3.05) is 32.8 Å². The van der Waals surface area contributed by atoms with Crippen molar-refractivity contribution < 1.29 is 4.74 Å². The molecule has 2 saturated carbocycles. The molecule has 0 unspecified atom stereocenters. The van der Waals surface area contributed by atoms with Gasteiger partial charge in [0.1, 0.15) is 11.6 Å². The summed E-state index contributed by atoms with van der Waals surface area (Å²) in [4.78, 5) is 5.26. The molecule has 2 atom stereocenters. The van der Waals surface area contributed by atoms with E-state index in [1.54, 1.807) is 0 Å². The summed E-state index contributed by atoms with van der Waals surface area (Å²) in [6, 6.07) is 1.96. The van der Waals surface area contributed by atoms with Gasteiger partial charge >= 0.3 is 0 Å². The van der Waals surface area contributed by atoms with Crippen LogP contribution in [-0.2, 0) is 11.3 Å². The summed E-state index contributed by atoms with van der Waals surface area (Å²) in [6.45, 7) is 8.51. The second-order valence-electron chi connectivity index (χ2n) is 8.07. The summed E-state index contributed by atoms with van der Waals surface area (Å²) in [6.07, 6.45) is 6.52. The molecule has 24 heavy (non-hydrogen) atoms. The standard InChI is InChI=1S/C18H29N5O/c1-13-16(21-8-10-24-11-9-21)6-7-22(13)12-17-19-20-18(14-2-3-14)23(17)15-4-5-15/h13-16H,2-12H2,1H3/t13-,16-/m1/s1. The second-order valence-corrected chi connectivity index (χ2v) is 8.07. The molecule has 0 bridgehead atoms. The SMILES string of the molecule is C[C@@H]1[C@H](N2CCOCC2)CCN1Cc1nnc(C2CC2)n1C1CC1. The van der Waals surface area contributed by atoms with Gasteiger partial charge in [0.05, 0.1) is 19.8 Å². The highest BCUT2D eigenvalue weighted by Crippen LogP contribution is 2.45. The van der Waals surface area contributed by atoms with Crippen molar-refractivity contribution in [3.05, 3.63) is 11.6 Å². The minimum absolute atomic E-state index is 0.594. The summed E-state index contributed by atoms with van der Waals surface area (Å²) in [5, 5.41) is 9.19. The van der Waals surface area contributed by atoms with Crippen LogP contribution in [0.25, 0.3) is 0 Å². The zero-order valence-corrected chi connectivity index (χ0v) is 14.7. The summed E-state index contributed by atoms with van der Waals surface area (Å²) in [7, 11) is 0. The van der Waals surface area contributed by atoms with E-state index in [-0.39, 0.29) is 0 Å². The monoisotopic (exact) mass is 331 g/mol. The molecule has 2 aliphatic heterocycles. The Hall–Kier alpha value is -0.980. The predicted molar refractivity (Wildman–Crippen MR) is 90.9 cm³/mol. The highest BCUT2D eigenvalue weighted by atomic mass is 16.5. The molecule has 2 aliphatic carbocycles. The first-order valence-electron chi connectivity index (χ1n) is 9.81. The van der Waals surface area contributed by atoms with E-state index >= 15 is 0 Å². The van der Waals surface area contributed by atoms with Gasteiger partial charge in [0, 0.05) is 43.7 Å². The van der Waals surface area contributed by atoms with E-state index in [0.29, 0.717) is 24.0 Å². The van der Waals surface area contributed by atoms with E-state index in [1.807, 2.05) is 0 Å². The topological polar surface area (TPSA) is 46.4 Å². The first kappa shape index (κ1) is 15.3. The quantitative estimate of drug-likeness (QED) is 0.823. The third-order valence-corrected chi connectivity index (χ3v) is 6.35. The number of likely N-dealkylation sites (tertiary alicyclic amines) is 1. The molecule has 4 aliphatic rings. The second kappa shape index (κ2) is 6.07. The van der Waals surface area contributed by atoms with Gasteiger partial charge in [0.25, 0.3) is 0 Å². The van der Waals surface area contributed by atoms with Crippen LogP contribution in [0.3, 0.4) is 0 Å². The van der Waals surface area contributed by atoms with Gasteiger partial charge in [-0.15, -0.1) is 10.2 Å². The fourth-order valence-electron chi connectivity index (χ4n) is 4.58. The van der Waals surface area contributed by atoms with Crippen molar-refractivity contribution in [2.45, 2.75) is 69.6 Å². The molecule has 1 aromatic rings. The maximum absolute atomic E-state index is 5.52. The van der Waals surface area contributed by atoms with Gasteiger partial charge in [0.15, 0.2) is 0 Å². The lowest BCUT2D eigenvalue weighted by atomic mass is 10.1. The Balaban J connectivity index is 1.30. The molecular formula is C18H29N5O. The van der Waals surface area contributed by atoms with Crippen LogP contribution in [0.2, 0.25) is 0 Å². The van der Waals surface area contributed by atoms with E-state index < -0.39 is 0 Å². The third-order valence-electron chi connectivity index (χ3n) is 6.35. The molecule has 1 aromatic heterocycles. The maximum atomic E-state index is 5.52. The highest BCUT2D eigenvalue weighted by molar-refractivity contribution is 5.12. The van der Waals surface area contributed by atoms with Crippen molar-refractivity contribution in [1.82, 2.24) is 24.6 Å². The maximum Gasteiger partial charge on any atom is 0.147 e. The number of morpholine rings is 1. The molecule has 6 nitrogen and oxygen atoms in total. The van der Waals surface area contributed by atoms with Crippen LogP contribution in [0.5, 0.6) is 0 Å². The molecule has 2 saturated heterocycles. The molecule has 6 heteroatoms. The van der Waals surface area contributed by atoms with Gasteiger partial charge in [-0.1, -0.05) is 0 Å². The average molecular weight is 331 g/mol. The third kappa shape index (κ3) is 2.78. The van der Waals surface area contributed by atoms with Gasteiger partial charge in [0.2, 0.25) is 0 Å². The van der Waals surface area contributed by atoms with Crippen molar-refractivity contribution in [3.8, 4) is 0 Å². The minimum atomic E-state index is 0.594. The van der Waals surface area contributed by atoms with Gasteiger partial charge in [-0.2, -0.15) is 0 Å². The van der Waals surface area contributed by atoms with Gasteiger partial charge in [-0.25, -0.2) is 0 Å². The number of ether oxygens (including phenoxy) is 1. The Labute approximate surface area is 144 Å². The van der Waals surface area contributed by atoms with Crippen LogP contribution in [0.1, 0.15) is 62.6 Å². The minimum Gasteiger partial charge on any atom is -0.379 e. The first-order chi connectivity index (χ1) is 11.8. The molecule has 4 fully saturated rings. The van der Waals surface area contributed by atoms with Crippen molar-refractivity contribution in [3.63, 3.8) is 0 Å². The lowest BCUT2D eigenvalue weighted by Gasteiger charge is -2.35. The Morgan fingerprint density at radius 3 is 2.50 bits per heavy atom. The van der Waals surface area contributed by atoms with Gasteiger partial charge in [-0.05, 0) is 39.0 Å². The lowest BCUT2D eigenvalue weighted by molar-refractivity contribution is 0.00967. The lowest BCUT2D eigenvalue weighted by Crippen LogP contribution is -2.48.